The summed E-state index contributed by atoms with van der Waals surface area (Å²) in [5.74, 6) is -0.567. The lowest BCUT2D eigenvalue weighted by atomic mass is 10.0. The first-order valence-corrected chi connectivity index (χ1v) is 14.5. The molecule has 2 aliphatic heterocycles. The fourth-order valence-corrected chi connectivity index (χ4v) is 8.03. The number of hydrogen-bond acceptors (Lipinski definition) is 13. The third-order valence-corrected chi connectivity index (χ3v) is 10.4. The highest BCUT2D eigenvalue weighted by Crippen LogP contribution is 2.47. The van der Waals surface area contributed by atoms with Crippen LogP contribution in [0.3, 0.4) is 0 Å². The molecule has 7 N–H and O–H groups in total. The van der Waals surface area contributed by atoms with Crippen LogP contribution in [0.2, 0.25) is 0 Å². The van der Waals surface area contributed by atoms with E-state index in [2.05, 4.69) is 20.4 Å². The van der Waals surface area contributed by atoms with E-state index >= 15 is 0 Å². The second kappa shape index (κ2) is 11.2. The molecule has 12 nitrogen and oxygen atoms in total. The van der Waals surface area contributed by atoms with Crippen molar-refractivity contribution in [2.75, 3.05) is 30.3 Å². The number of aliphatic carboxylic acids is 1. The van der Waals surface area contributed by atoms with E-state index in [1.165, 1.54) is 33.8 Å². The standard InChI is InChI=1S/C20H23N7O5S4/c21-2-4-33-6-10-5-23-3-1-12(10)36-20(18(30)31)8-27-16(29)14(17(27)35-9-20)25-15(28)13(26-32)11-7-34-19(22)24-11/h1,3,5,7,14,17,32H,2,4,6,8-9,21H2,(H2,22,24)(H,25,28)(H,30,31)/t14-,17-,20?/m1/s1. The molecule has 2 aliphatic rings. The van der Waals surface area contributed by atoms with E-state index in [4.69, 9.17) is 11.5 Å². The highest BCUT2D eigenvalue weighted by molar-refractivity contribution is 8.05. The van der Waals surface area contributed by atoms with Crippen LogP contribution in [0.5, 0.6) is 0 Å². The van der Waals surface area contributed by atoms with Gasteiger partial charge in [0, 0.05) is 53.0 Å². The number of nitrogen functional groups attached to an aromatic ring is 1. The van der Waals surface area contributed by atoms with Gasteiger partial charge in [-0.2, -0.15) is 11.8 Å². The summed E-state index contributed by atoms with van der Waals surface area (Å²) in [6.07, 6.45) is 3.33. The van der Waals surface area contributed by atoms with Crippen molar-refractivity contribution in [3.63, 3.8) is 0 Å². The monoisotopic (exact) mass is 569 g/mol. The van der Waals surface area contributed by atoms with Gasteiger partial charge in [-0.3, -0.25) is 19.4 Å². The van der Waals surface area contributed by atoms with Gasteiger partial charge in [0.1, 0.15) is 21.9 Å². The van der Waals surface area contributed by atoms with Crippen LogP contribution in [0, 0.1) is 0 Å². The summed E-state index contributed by atoms with van der Waals surface area (Å²) in [7, 11) is 0. The zero-order valence-corrected chi connectivity index (χ0v) is 22.0. The molecule has 2 saturated heterocycles. The smallest absolute Gasteiger partial charge is 0.322 e. The van der Waals surface area contributed by atoms with Crippen molar-refractivity contribution in [3.8, 4) is 0 Å². The minimum atomic E-state index is -1.27. The Morgan fingerprint density at radius 2 is 2.22 bits per heavy atom. The Morgan fingerprint density at radius 3 is 2.89 bits per heavy atom. The molecule has 0 bridgehead atoms. The van der Waals surface area contributed by atoms with Gasteiger partial charge in [0.25, 0.3) is 5.91 Å². The predicted molar refractivity (Wildman–Crippen MR) is 140 cm³/mol. The van der Waals surface area contributed by atoms with E-state index in [-0.39, 0.29) is 28.8 Å². The SMILES string of the molecule is NCCSCc1cnccc1SC1(C(=O)O)CS[C@@H]2[C@H](NC(=O)C(=NO)c3csc(N)n3)C(=O)N2C1. The number of carboxylic acids is 1. The van der Waals surface area contributed by atoms with Crippen LogP contribution < -0.4 is 16.8 Å². The Kier molecular flexibility index (Phi) is 8.29. The number of β-lactam (4-membered cyclic amide) rings is 1. The van der Waals surface area contributed by atoms with Crippen molar-refractivity contribution in [1.29, 1.82) is 0 Å². The first-order chi connectivity index (χ1) is 17.3. The molecule has 3 atom stereocenters. The zero-order valence-electron chi connectivity index (χ0n) is 18.7. The number of pyridine rings is 1. The molecule has 2 fully saturated rings. The predicted octanol–water partition coefficient (Wildman–Crippen LogP) is 0.506. The van der Waals surface area contributed by atoms with Crippen molar-refractivity contribution in [1.82, 2.24) is 20.2 Å². The Balaban J connectivity index is 1.45. The Labute approximate surface area is 222 Å². The summed E-state index contributed by atoms with van der Waals surface area (Å²) >= 11 is 5.21. The first kappa shape index (κ1) is 26.5. The maximum absolute atomic E-state index is 12.9. The van der Waals surface area contributed by atoms with Gasteiger partial charge in [-0.25, -0.2) is 4.98 Å². The third kappa shape index (κ3) is 5.27. The van der Waals surface area contributed by atoms with Crippen LogP contribution in [0.1, 0.15) is 11.3 Å². The number of hydrogen-bond donors (Lipinski definition) is 5. The summed E-state index contributed by atoms with van der Waals surface area (Å²) in [6.45, 7) is 0.528. The van der Waals surface area contributed by atoms with Crippen LogP contribution in [0.25, 0.3) is 0 Å². The lowest BCUT2D eigenvalue weighted by molar-refractivity contribution is -0.151. The van der Waals surface area contributed by atoms with Crippen LogP contribution in [0.4, 0.5) is 5.13 Å². The highest BCUT2D eigenvalue weighted by Gasteiger charge is 2.58. The molecule has 0 saturated carbocycles. The summed E-state index contributed by atoms with van der Waals surface area (Å²) < 4.78 is -1.27. The number of carbonyl (C=O) groups excluding carboxylic acids is 2. The minimum Gasteiger partial charge on any atom is -0.480 e. The van der Waals surface area contributed by atoms with Crippen molar-refractivity contribution < 1.29 is 24.7 Å². The first-order valence-electron chi connectivity index (χ1n) is 10.6. The third-order valence-electron chi connectivity index (χ3n) is 5.49. The Hall–Kier alpha value is -2.53. The number of anilines is 1. The average Bonchev–Trinajstić information content (AvgIpc) is 3.29. The molecule has 1 unspecified atom stereocenters. The molecule has 0 aromatic carbocycles. The number of carboxylic acid groups (broad SMARTS) is 1. The van der Waals surface area contributed by atoms with Crippen LogP contribution >= 0.6 is 46.6 Å². The maximum atomic E-state index is 12.9. The highest BCUT2D eigenvalue weighted by atomic mass is 32.2. The minimum absolute atomic E-state index is 0.0167. The maximum Gasteiger partial charge on any atom is 0.322 e. The van der Waals surface area contributed by atoms with E-state index in [1.807, 2.05) is 0 Å². The van der Waals surface area contributed by atoms with Crippen molar-refractivity contribution >= 4 is 75.2 Å². The molecule has 2 aromatic heterocycles. The lowest BCUT2D eigenvalue weighted by Gasteiger charge is -2.53. The van der Waals surface area contributed by atoms with Gasteiger partial charge in [-0.15, -0.1) is 34.9 Å². The number of nitrogens with one attached hydrogen (secondary N) is 1. The molecular formula is C20H23N7O5S4. The van der Waals surface area contributed by atoms with Gasteiger partial charge in [0.15, 0.2) is 10.8 Å². The fraction of sp³-hybridized carbons (Fsp3) is 0.400. The van der Waals surface area contributed by atoms with Gasteiger partial charge >= 0.3 is 5.97 Å². The second-order valence-corrected chi connectivity index (χ2v) is 12.4. The molecule has 4 rings (SSSR count). The van der Waals surface area contributed by atoms with Crippen molar-refractivity contribution in [2.45, 2.75) is 26.8 Å². The van der Waals surface area contributed by atoms with Gasteiger partial charge in [0.2, 0.25) is 5.91 Å². The number of nitrogens with two attached hydrogens (primary N) is 2. The number of aromatic nitrogens is 2. The number of nitrogens with zero attached hydrogens (tertiary/aromatic N) is 4. The normalized spacial score (nSPS) is 23.6. The average molecular weight is 570 g/mol. The summed E-state index contributed by atoms with van der Waals surface area (Å²) in [6, 6.07) is 0.906. The van der Waals surface area contributed by atoms with Gasteiger partial charge in [-0.1, -0.05) is 5.16 Å². The summed E-state index contributed by atoms with van der Waals surface area (Å²) in [5, 5.41) is 26.3. The molecule has 4 heterocycles. The molecule has 2 amide bonds. The molecule has 0 aliphatic carbocycles. The van der Waals surface area contributed by atoms with E-state index in [0.717, 1.165) is 27.5 Å². The topological polar surface area (TPSA) is 197 Å². The zero-order chi connectivity index (χ0) is 25.9. The molecular weight excluding hydrogens is 547 g/mol. The summed E-state index contributed by atoms with van der Waals surface area (Å²) in [4.78, 5) is 48.4. The molecule has 36 heavy (non-hydrogen) atoms. The van der Waals surface area contributed by atoms with Gasteiger partial charge in [0.05, 0.1) is 0 Å². The van der Waals surface area contributed by atoms with Gasteiger partial charge < -0.3 is 32.0 Å². The molecule has 192 valence electrons. The summed E-state index contributed by atoms with van der Waals surface area (Å²) in [5.41, 5.74) is 11.8. The lowest BCUT2D eigenvalue weighted by Crippen LogP contribution is -2.74. The fourth-order valence-electron chi connectivity index (χ4n) is 3.70. The number of rotatable bonds is 10. The Morgan fingerprint density at radius 1 is 1.42 bits per heavy atom. The second-order valence-electron chi connectivity index (χ2n) is 7.86. The number of carbonyl (C=O) groups is 3. The van der Waals surface area contributed by atoms with Crippen molar-refractivity contribution in [2.24, 2.45) is 10.9 Å². The van der Waals surface area contributed by atoms with Crippen molar-refractivity contribution in [3.05, 3.63) is 35.1 Å². The number of amides is 2. The van der Waals surface area contributed by atoms with E-state index < -0.39 is 33.9 Å². The van der Waals surface area contributed by atoms with E-state index in [1.54, 1.807) is 30.2 Å². The van der Waals surface area contributed by atoms with Crippen LogP contribution in [0.15, 0.2) is 33.9 Å². The number of oxime groups is 1. The number of fused-ring (bicyclic) bond motifs is 1. The molecule has 16 heteroatoms. The Bertz CT molecular complexity index is 1190. The quantitative estimate of drug-likeness (QED) is 0.0875. The van der Waals surface area contributed by atoms with E-state index in [0.29, 0.717) is 12.3 Å². The molecule has 0 spiro atoms. The molecule has 0 radical (unpaired) electrons. The number of thiazole rings is 1. The molecule has 2 aromatic rings. The van der Waals surface area contributed by atoms with Gasteiger partial charge in [-0.05, 0) is 11.6 Å². The van der Waals surface area contributed by atoms with Crippen LogP contribution in [-0.2, 0) is 20.1 Å². The largest absolute Gasteiger partial charge is 0.480 e. The number of thioether (sulfide) groups is 3. The van der Waals surface area contributed by atoms with Crippen LogP contribution in [-0.4, -0.2) is 89.4 Å². The van der Waals surface area contributed by atoms with E-state index in [9.17, 15) is 24.7 Å².